The van der Waals surface area contributed by atoms with Crippen LogP contribution < -0.4 is 0 Å². The van der Waals surface area contributed by atoms with Gasteiger partial charge in [-0.25, -0.2) is 0 Å². The molecule has 0 N–H and O–H groups in total. The summed E-state index contributed by atoms with van der Waals surface area (Å²) in [6.45, 7) is 0. The van der Waals surface area contributed by atoms with Gasteiger partial charge in [0.2, 0.25) is 0 Å². The van der Waals surface area contributed by atoms with E-state index >= 15 is 0 Å². The molecule has 0 aromatic rings. The van der Waals surface area contributed by atoms with Crippen LogP contribution in [0.3, 0.4) is 0 Å². The standard InChI is InChI=1S/C7H8Cl6Si2/c8-14(9,10)6-4-1-2-5(3-4)7(6)15(11,12)13/h4-5H,1-3H2. The number of rotatable bonds is 2. The fourth-order valence-electron chi connectivity index (χ4n) is 2.71. The molecule has 0 nitrogen and oxygen atoms in total. The molecule has 15 heavy (non-hydrogen) atoms. The van der Waals surface area contributed by atoms with Crippen molar-refractivity contribution < 1.29 is 0 Å². The molecule has 0 aliphatic heterocycles. The quantitative estimate of drug-likeness (QED) is 0.474. The van der Waals surface area contributed by atoms with Crippen molar-refractivity contribution in [2.45, 2.75) is 19.3 Å². The Kier molecular flexibility index (Phi) is 3.77. The molecule has 2 rings (SSSR count). The SMILES string of the molecule is Cl[Si](Cl)(Cl)C1=C([Si](Cl)(Cl)Cl)C2CCC1C2. The van der Waals surface area contributed by atoms with Crippen molar-refractivity contribution in [2.24, 2.45) is 11.8 Å². The van der Waals surface area contributed by atoms with Crippen molar-refractivity contribution in [1.82, 2.24) is 0 Å². The van der Waals surface area contributed by atoms with Gasteiger partial charge >= 0.3 is 12.0 Å². The zero-order valence-electron chi connectivity index (χ0n) is 7.54. The Hall–Kier alpha value is 1.91. The topological polar surface area (TPSA) is 0 Å². The first-order valence-electron chi connectivity index (χ1n) is 4.59. The van der Waals surface area contributed by atoms with E-state index in [4.69, 9.17) is 66.5 Å². The van der Waals surface area contributed by atoms with E-state index in [9.17, 15) is 0 Å². The maximum absolute atomic E-state index is 6.09. The lowest BCUT2D eigenvalue weighted by atomic mass is 10.1. The van der Waals surface area contributed by atoms with Gasteiger partial charge in [-0.15, -0.1) is 66.5 Å². The highest BCUT2D eigenvalue weighted by Crippen LogP contribution is 2.58. The monoisotopic (exact) mass is 358 g/mol. The molecule has 0 aromatic carbocycles. The smallest absolute Gasteiger partial charge is 0.121 e. The summed E-state index contributed by atoms with van der Waals surface area (Å²) in [7, 11) is 0. The first-order valence-corrected chi connectivity index (χ1v) is 14.7. The second-order valence-electron chi connectivity index (χ2n) is 4.03. The van der Waals surface area contributed by atoms with Gasteiger partial charge in [-0.2, -0.15) is 0 Å². The highest BCUT2D eigenvalue weighted by Gasteiger charge is 2.54. The third-order valence-electron chi connectivity index (χ3n) is 3.15. The number of allylic oxidation sites excluding steroid dienone is 2. The molecule has 1 fully saturated rings. The minimum atomic E-state index is -2.87. The first-order chi connectivity index (χ1) is 6.71. The molecule has 2 aliphatic rings. The summed E-state index contributed by atoms with van der Waals surface area (Å²) < 4.78 is 0. The van der Waals surface area contributed by atoms with E-state index < -0.39 is 12.0 Å². The van der Waals surface area contributed by atoms with Crippen molar-refractivity contribution >= 4 is 78.5 Å². The molecule has 86 valence electrons. The molecule has 2 bridgehead atoms. The van der Waals surface area contributed by atoms with E-state index in [1.807, 2.05) is 0 Å². The second kappa shape index (κ2) is 4.23. The van der Waals surface area contributed by atoms with Crippen molar-refractivity contribution in [3.8, 4) is 0 Å². The van der Waals surface area contributed by atoms with E-state index in [1.54, 1.807) is 0 Å². The van der Waals surface area contributed by atoms with Gasteiger partial charge in [0.1, 0.15) is 0 Å². The summed E-state index contributed by atoms with van der Waals surface area (Å²) in [4.78, 5) is 0. The summed E-state index contributed by atoms with van der Waals surface area (Å²) in [6.07, 6.45) is 3.19. The maximum atomic E-state index is 6.09. The van der Waals surface area contributed by atoms with Gasteiger partial charge in [0, 0.05) is 0 Å². The number of fused-ring (bicyclic) bond motifs is 2. The van der Waals surface area contributed by atoms with Crippen molar-refractivity contribution in [3.63, 3.8) is 0 Å². The van der Waals surface area contributed by atoms with E-state index in [2.05, 4.69) is 0 Å². The zero-order chi connectivity index (χ0) is 11.4. The number of halogens is 6. The van der Waals surface area contributed by atoms with Crippen LogP contribution in [0.5, 0.6) is 0 Å². The van der Waals surface area contributed by atoms with Crippen LogP contribution in [0.4, 0.5) is 0 Å². The fraction of sp³-hybridized carbons (Fsp3) is 0.714. The van der Waals surface area contributed by atoms with Crippen LogP contribution in [-0.4, -0.2) is 12.0 Å². The van der Waals surface area contributed by atoms with Crippen LogP contribution >= 0.6 is 66.5 Å². The molecule has 0 saturated heterocycles. The third kappa shape index (κ3) is 2.53. The Bertz CT molecular complexity index is 284. The lowest BCUT2D eigenvalue weighted by Gasteiger charge is -2.26. The van der Waals surface area contributed by atoms with Crippen LogP contribution in [-0.2, 0) is 0 Å². The Morgan fingerprint density at radius 3 is 1.33 bits per heavy atom. The molecule has 2 unspecified atom stereocenters. The molecular formula is C7H8Cl6Si2. The average Bonchev–Trinajstić information content (AvgIpc) is 2.56. The largest absolute Gasteiger partial charge is 0.368 e. The Morgan fingerprint density at radius 1 is 0.733 bits per heavy atom. The molecule has 8 heteroatoms. The van der Waals surface area contributed by atoms with Gasteiger partial charge in [0.15, 0.2) is 0 Å². The van der Waals surface area contributed by atoms with Crippen LogP contribution in [0.15, 0.2) is 10.4 Å². The Morgan fingerprint density at radius 2 is 1.07 bits per heavy atom. The van der Waals surface area contributed by atoms with Gasteiger partial charge in [0.25, 0.3) is 0 Å². The van der Waals surface area contributed by atoms with Crippen LogP contribution in [0.1, 0.15) is 19.3 Å². The molecule has 0 amide bonds. The van der Waals surface area contributed by atoms with E-state index in [1.165, 1.54) is 0 Å². The van der Waals surface area contributed by atoms with Crippen molar-refractivity contribution in [3.05, 3.63) is 10.4 Å². The summed E-state index contributed by atoms with van der Waals surface area (Å²) in [5.74, 6) is 0.736. The molecule has 0 aromatic heterocycles. The predicted octanol–water partition coefficient (Wildman–Crippen LogP) is 5.10. The van der Waals surface area contributed by atoms with Gasteiger partial charge in [-0.3, -0.25) is 0 Å². The normalized spacial score (nSPS) is 31.6. The molecule has 1 saturated carbocycles. The molecule has 2 atom stereocenters. The summed E-state index contributed by atoms with van der Waals surface area (Å²) in [5, 5.41) is 1.82. The van der Waals surface area contributed by atoms with Crippen LogP contribution in [0, 0.1) is 11.8 Å². The van der Waals surface area contributed by atoms with E-state index in [-0.39, 0.29) is 0 Å². The maximum Gasteiger partial charge on any atom is 0.368 e. The Labute approximate surface area is 119 Å². The first kappa shape index (κ1) is 13.3. The summed E-state index contributed by atoms with van der Waals surface area (Å²) in [6, 6.07) is -5.75. The summed E-state index contributed by atoms with van der Waals surface area (Å²) >= 11 is 36.6. The molecule has 2 aliphatic carbocycles. The van der Waals surface area contributed by atoms with Gasteiger partial charge in [0.05, 0.1) is 0 Å². The molecule has 0 heterocycles. The van der Waals surface area contributed by atoms with Gasteiger partial charge < -0.3 is 0 Å². The fourth-order valence-corrected chi connectivity index (χ4v) is 12.3. The Balaban J connectivity index is 2.49. The molecular weight excluding hydrogens is 353 g/mol. The zero-order valence-corrected chi connectivity index (χ0v) is 14.1. The minimum absolute atomic E-state index is 0.368. The molecule has 0 radical (unpaired) electrons. The second-order valence-corrected chi connectivity index (χ2v) is 20.8. The average molecular weight is 361 g/mol. The van der Waals surface area contributed by atoms with Crippen molar-refractivity contribution in [2.75, 3.05) is 0 Å². The lowest BCUT2D eigenvalue weighted by molar-refractivity contribution is 0.681. The highest BCUT2D eigenvalue weighted by molar-refractivity contribution is 7.70. The van der Waals surface area contributed by atoms with Gasteiger partial charge in [-0.05, 0) is 41.5 Å². The van der Waals surface area contributed by atoms with Crippen LogP contribution in [0.25, 0.3) is 0 Å². The van der Waals surface area contributed by atoms with Crippen LogP contribution in [0.2, 0.25) is 0 Å². The lowest BCUT2D eigenvalue weighted by Crippen LogP contribution is -2.29. The van der Waals surface area contributed by atoms with E-state index in [0.29, 0.717) is 11.8 Å². The number of hydrogen-bond donors (Lipinski definition) is 0. The minimum Gasteiger partial charge on any atom is -0.121 e. The summed E-state index contributed by atoms with van der Waals surface area (Å²) in [5.41, 5.74) is 0. The van der Waals surface area contributed by atoms with E-state index in [0.717, 1.165) is 29.7 Å². The van der Waals surface area contributed by atoms with Crippen molar-refractivity contribution in [1.29, 1.82) is 0 Å². The predicted molar refractivity (Wildman–Crippen MR) is 74.5 cm³/mol. The third-order valence-corrected chi connectivity index (χ3v) is 9.64. The number of hydrogen-bond acceptors (Lipinski definition) is 0. The molecule has 0 spiro atoms. The highest BCUT2D eigenvalue weighted by atomic mass is 35.8. The van der Waals surface area contributed by atoms with Gasteiger partial charge in [-0.1, -0.05) is 0 Å².